The first kappa shape index (κ1) is 26.9. The molecule has 1 saturated carbocycles. The number of nitrogens with one attached hydrogen (secondary N) is 5. The third kappa shape index (κ3) is 8.65. The normalized spacial score (nSPS) is 12.4. The van der Waals surface area contributed by atoms with Crippen molar-refractivity contribution in [1.82, 2.24) is 29.9 Å². The highest BCUT2D eigenvalue weighted by Crippen LogP contribution is 2.24. The Bertz CT molecular complexity index is 1340. The Morgan fingerprint density at radius 3 is 1.85 bits per heavy atom. The molecule has 2 aromatic heterocycles. The summed E-state index contributed by atoms with van der Waals surface area (Å²) < 4.78 is 5.88. The van der Waals surface area contributed by atoms with E-state index in [0.717, 1.165) is 50.0 Å². The van der Waals surface area contributed by atoms with Gasteiger partial charge in [-0.15, -0.1) is 0 Å². The lowest BCUT2D eigenvalue weighted by Gasteiger charge is -2.12. The number of benzene rings is 2. The van der Waals surface area contributed by atoms with E-state index in [9.17, 15) is 0 Å². The van der Waals surface area contributed by atoms with Gasteiger partial charge in [-0.25, -0.2) is 0 Å². The second kappa shape index (κ2) is 13.9. The van der Waals surface area contributed by atoms with Crippen LogP contribution in [0.25, 0.3) is 0 Å². The van der Waals surface area contributed by atoms with Crippen LogP contribution in [0.1, 0.15) is 39.0 Å². The summed E-state index contributed by atoms with van der Waals surface area (Å²) in [5, 5.41) is 16.3. The quantitative estimate of drug-likeness (QED) is 0.119. The van der Waals surface area contributed by atoms with Crippen LogP contribution < -0.4 is 31.3 Å². The maximum absolute atomic E-state index is 5.88. The number of aromatic nitrogens is 6. The highest BCUT2D eigenvalue weighted by molar-refractivity contribution is 5.56. The van der Waals surface area contributed by atoms with Gasteiger partial charge in [0, 0.05) is 30.5 Å². The van der Waals surface area contributed by atoms with Crippen LogP contribution in [0.4, 0.5) is 41.1 Å². The summed E-state index contributed by atoms with van der Waals surface area (Å²) in [7, 11) is 0. The fourth-order valence-electron chi connectivity index (χ4n) is 3.67. The van der Waals surface area contributed by atoms with E-state index >= 15 is 0 Å². The van der Waals surface area contributed by atoms with E-state index in [4.69, 9.17) is 4.74 Å². The number of para-hydroxylation sites is 2. The lowest BCUT2D eigenvalue weighted by Crippen LogP contribution is -2.13. The molecule has 0 amide bonds. The predicted octanol–water partition coefficient (Wildman–Crippen LogP) is 5.21. The molecule has 0 unspecified atom stereocenters. The van der Waals surface area contributed by atoms with E-state index in [1.54, 1.807) is 0 Å². The Morgan fingerprint density at radius 1 is 0.650 bits per heavy atom. The van der Waals surface area contributed by atoms with E-state index in [0.29, 0.717) is 48.9 Å². The van der Waals surface area contributed by atoms with Gasteiger partial charge in [-0.05, 0) is 56.4 Å². The molecule has 2 heterocycles. The molecule has 0 saturated heterocycles. The second-order valence-electron chi connectivity index (χ2n) is 9.38. The van der Waals surface area contributed by atoms with Crippen molar-refractivity contribution >= 4 is 41.1 Å². The lowest BCUT2D eigenvalue weighted by molar-refractivity contribution is 0.284. The summed E-state index contributed by atoms with van der Waals surface area (Å²) in [5.74, 6) is 2.51. The van der Waals surface area contributed by atoms with E-state index < -0.39 is 0 Å². The molecule has 1 aliphatic carbocycles. The summed E-state index contributed by atoms with van der Waals surface area (Å²) in [4.78, 5) is 26.9. The number of unbranched alkanes of at least 4 members (excludes halogenated alkanes) is 1. The average Bonchev–Trinajstić information content (AvgIpc) is 3.79. The Balaban J connectivity index is 1.12. The maximum atomic E-state index is 5.88. The molecule has 208 valence electrons. The third-order valence-corrected chi connectivity index (χ3v) is 5.84. The minimum absolute atomic E-state index is 0.282. The van der Waals surface area contributed by atoms with E-state index in [1.165, 1.54) is 0 Å². The molecule has 0 radical (unpaired) electrons. The zero-order chi connectivity index (χ0) is 27.4. The van der Waals surface area contributed by atoms with Crippen LogP contribution in [0.3, 0.4) is 0 Å². The van der Waals surface area contributed by atoms with Gasteiger partial charge >= 0.3 is 6.01 Å². The van der Waals surface area contributed by atoms with Crippen LogP contribution in [-0.4, -0.2) is 55.6 Å². The predicted molar refractivity (Wildman–Crippen MR) is 158 cm³/mol. The number of rotatable bonds is 16. The standard InChI is InChI=1S/C28H35N11O/c1-2-17-29-24-36-27(32-21-13-7-4-8-14-21)39-28(38-24)40-19-10-9-18-30-23-34-25(31-20-11-5-3-6-12-20)37-26(35-23)33-22-15-16-22/h3-8,11-14,22H,2,9-10,15-19H2,1H3,(H2,29,32,36,38,39)(H3,30,31,33,34,35,37). The lowest BCUT2D eigenvalue weighted by atomic mass is 10.3. The molecule has 4 aromatic rings. The molecule has 0 aliphatic heterocycles. The van der Waals surface area contributed by atoms with Gasteiger partial charge in [0.2, 0.25) is 29.7 Å². The molecule has 0 spiro atoms. The van der Waals surface area contributed by atoms with Crippen LogP contribution >= 0.6 is 0 Å². The Morgan fingerprint density at radius 2 is 1.20 bits per heavy atom. The summed E-state index contributed by atoms with van der Waals surface area (Å²) >= 11 is 0. The molecular weight excluding hydrogens is 506 g/mol. The highest BCUT2D eigenvalue weighted by atomic mass is 16.5. The Kier molecular flexibility index (Phi) is 9.32. The van der Waals surface area contributed by atoms with Crippen LogP contribution in [0, 0.1) is 0 Å². The molecule has 2 aromatic carbocycles. The molecule has 5 rings (SSSR count). The fourth-order valence-corrected chi connectivity index (χ4v) is 3.67. The number of hydrogen-bond donors (Lipinski definition) is 5. The molecule has 0 atom stereocenters. The summed E-state index contributed by atoms with van der Waals surface area (Å²) in [6, 6.07) is 20.3. The molecule has 5 N–H and O–H groups in total. The van der Waals surface area contributed by atoms with Gasteiger partial charge in [-0.3, -0.25) is 0 Å². The number of hydrogen-bond acceptors (Lipinski definition) is 12. The first-order valence-electron chi connectivity index (χ1n) is 13.8. The number of nitrogens with zero attached hydrogens (tertiary/aromatic N) is 6. The minimum atomic E-state index is 0.282. The second-order valence-corrected chi connectivity index (χ2v) is 9.38. The van der Waals surface area contributed by atoms with Crippen molar-refractivity contribution in [2.45, 2.75) is 45.1 Å². The van der Waals surface area contributed by atoms with E-state index in [2.05, 4.69) is 63.4 Å². The first-order chi connectivity index (χ1) is 19.7. The van der Waals surface area contributed by atoms with Crippen molar-refractivity contribution in [3.05, 3.63) is 60.7 Å². The van der Waals surface area contributed by atoms with Gasteiger partial charge in [0.1, 0.15) is 0 Å². The van der Waals surface area contributed by atoms with Crippen molar-refractivity contribution in [3.63, 3.8) is 0 Å². The first-order valence-corrected chi connectivity index (χ1v) is 13.8. The van der Waals surface area contributed by atoms with Crippen molar-refractivity contribution < 1.29 is 4.74 Å². The van der Waals surface area contributed by atoms with Crippen molar-refractivity contribution in [2.24, 2.45) is 0 Å². The molecule has 0 bridgehead atoms. The molecule has 40 heavy (non-hydrogen) atoms. The van der Waals surface area contributed by atoms with Crippen LogP contribution in [0.15, 0.2) is 60.7 Å². The molecular formula is C28H35N11O. The summed E-state index contributed by atoms with van der Waals surface area (Å²) in [5.41, 5.74) is 1.81. The van der Waals surface area contributed by atoms with Gasteiger partial charge in [-0.2, -0.15) is 29.9 Å². The monoisotopic (exact) mass is 541 g/mol. The largest absolute Gasteiger partial charge is 0.463 e. The molecule has 12 nitrogen and oxygen atoms in total. The van der Waals surface area contributed by atoms with Gasteiger partial charge in [0.15, 0.2) is 0 Å². The average molecular weight is 542 g/mol. The SMILES string of the molecule is CCCNc1nc(Nc2ccccc2)nc(OCCCCNc2nc(Nc3ccccc3)nc(NC3CC3)n2)n1. The molecule has 12 heteroatoms. The van der Waals surface area contributed by atoms with Crippen LogP contribution in [0.2, 0.25) is 0 Å². The van der Waals surface area contributed by atoms with Crippen LogP contribution in [-0.2, 0) is 0 Å². The Hall–Kier alpha value is -4.74. The topological polar surface area (TPSA) is 147 Å². The molecule has 1 aliphatic rings. The maximum Gasteiger partial charge on any atom is 0.323 e. The van der Waals surface area contributed by atoms with Crippen molar-refractivity contribution in [3.8, 4) is 6.01 Å². The summed E-state index contributed by atoms with van der Waals surface area (Å²) in [6.07, 6.45) is 4.87. The van der Waals surface area contributed by atoms with Gasteiger partial charge in [0.05, 0.1) is 6.61 Å². The Labute approximate surface area is 233 Å². The molecule has 1 fully saturated rings. The van der Waals surface area contributed by atoms with Gasteiger partial charge in [-0.1, -0.05) is 43.3 Å². The highest BCUT2D eigenvalue weighted by Gasteiger charge is 2.22. The van der Waals surface area contributed by atoms with Gasteiger partial charge < -0.3 is 31.3 Å². The van der Waals surface area contributed by atoms with Gasteiger partial charge in [0.25, 0.3) is 0 Å². The third-order valence-electron chi connectivity index (χ3n) is 5.84. The number of ether oxygens (including phenoxy) is 1. The zero-order valence-corrected chi connectivity index (χ0v) is 22.6. The minimum Gasteiger partial charge on any atom is -0.463 e. The van der Waals surface area contributed by atoms with E-state index in [-0.39, 0.29) is 6.01 Å². The van der Waals surface area contributed by atoms with Crippen molar-refractivity contribution in [1.29, 1.82) is 0 Å². The van der Waals surface area contributed by atoms with Crippen molar-refractivity contribution in [2.75, 3.05) is 46.3 Å². The van der Waals surface area contributed by atoms with E-state index in [1.807, 2.05) is 60.7 Å². The number of anilines is 7. The fraction of sp³-hybridized carbons (Fsp3) is 0.357. The zero-order valence-electron chi connectivity index (χ0n) is 22.6. The van der Waals surface area contributed by atoms with Crippen LogP contribution in [0.5, 0.6) is 6.01 Å². The summed E-state index contributed by atoms with van der Waals surface area (Å²) in [6.45, 7) is 4.00. The smallest absolute Gasteiger partial charge is 0.323 e.